The number of hydrogen-bond donors (Lipinski definition) is 4. The minimum atomic E-state index is -1.17. The van der Waals surface area contributed by atoms with E-state index >= 15 is 0 Å². The second kappa shape index (κ2) is 9.61. The Hall–Kier alpha value is -2.15. The van der Waals surface area contributed by atoms with Gasteiger partial charge in [-0.1, -0.05) is 18.2 Å². The van der Waals surface area contributed by atoms with Gasteiger partial charge in [-0.15, -0.1) is 23.4 Å². The Morgan fingerprint density at radius 2 is 1.91 bits per heavy atom. The molecule has 4 atom stereocenters. The maximum Gasteiger partial charge on any atom is 0.224 e. The highest BCUT2D eigenvalue weighted by Gasteiger charge is 2.44. The van der Waals surface area contributed by atoms with E-state index in [1.807, 2.05) is 17.8 Å². The Labute approximate surface area is 200 Å². The van der Waals surface area contributed by atoms with Gasteiger partial charge in [0.15, 0.2) is 23.2 Å². The van der Waals surface area contributed by atoms with Crippen molar-refractivity contribution >= 4 is 46.3 Å². The predicted octanol–water partition coefficient (Wildman–Crippen LogP) is 1.85. The Balaban J connectivity index is 1.30. The van der Waals surface area contributed by atoms with Gasteiger partial charge < -0.3 is 26.1 Å². The van der Waals surface area contributed by atoms with Crippen LogP contribution in [0.15, 0.2) is 41.6 Å². The van der Waals surface area contributed by atoms with E-state index in [-0.39, 0.29) is 11.8 Å². The summed E-state index contributed by atoms with van der Waals surface area (Å²) >= 11 is 7.76. The zero-order valence-corrected chi connectivity index (χ0v) is 19.4. The van der Waals surface area contributed by atoms with Crippen LogP contribution in [0.4, 0.5) is 11.8 Å². The van der Waals surface area contributed by atoms with Crippen molar-refractivity contribution in [2.75, 3.05) is 30.1 Å². The summed E-state index contributed by atoms with van der Waals surface area (Å²) < 4.78 is 7.29. The largest absolute Gasteiger partial charge is 0.387 e. The van der Waals surface area contributed by atoms with Gasteiger partial charge in [0.1, 0.15) is 18.3 Å². The van der Waals surface area contributed by atoms with Gasteiger partial charge in [-0.2, -0.15) is 9.97 Å². The van der Waals surface area contributed by atoms with E-state index in [0.717, 1.165) is 25.9 Å². The summed E-state index contributed by atoms with van der Waals surface area (Å²) in [6.45, 7) is 1.70. The van der Waals surface area contributed by atoms with Crippen molar-refractivity contribution in [1.82, 2.24) is 24.5 Å². The van der Waals surface area contributed by atoms with Crippen LogP contribution in [-0.2, 0) is 4.74 Å². The molecule has 5 rings (SSSR count). The second-order valence-corrected chi connectivity index (χ2v) is 9.87. The lowest BCUT2D eigenvalue weighted by molar-refractivity contribution is -0.0291. The molecule has 12 heteroatoms. The van der Waals surface area contributed by atoms with E-state index in [9.17, 15) is 10.2 Å². The summed E-state index contributed by atoms with van der Waals surface area (Å²) in [5.74, 6) is 0.625. The molecule has 4 heterocycles. The highest BCUT2D eigenvalue weighted by Crippen LogP contribution is 2.34. The number of nitrogens with zero attached hydrogens (tertiary/aromatic N) is 5. The first-order valence-electron chi connectivity index (χ1n) is 10.8. The van der Waals surface area contributed by atoms with Crippen LogP contribution in [0.3, 0.4) is 0 Å². The number of thioether (sulfide) groups is 1. The molecule has 5 N–H and O–H groups in total. The number of ether oxygens (including phenoxy) is 1. The number of hydrazine groups is 1. The van der Waals surface area contributed by atoms with E-state index in [0.29, 0.717) is 22.2 Å². The standard InChI is InChI=1S/C21H26ClN7O3S/c22-10-14-16(30)17(31)20(32-14)29-11-24-15-18(25-21(23)26-19(15)29)27-28-8-6-13(7-9-28)33-12-4-2-1-3-5-12/h1-5,11,13-14,16-17,20,30-31H,6-10H2,(H3,23,25,26,27)/t14-,16?,17?,20-/m1/s1. The van der Waals surface area contributed by atoms with Gasteiger partial charge in [-0.25, -0.2) is 9.99 Å². The summed E-state index contributed by atoms with van der Waals surface area (Å²) in [4.78, 5) is 14.4. The van der Waals surface area contributed by atoms with Gasteiger partial charge in [-0.3, -0.25) is 4.57 Å². The number of hydrogen-bond acceptors (Lipinski definition) is 10. The molecule has 0 amide bonds. The van der Waals surface area contributed by atoms with Crippen LogP contribution in [0.5, 0.6) is 0 Å². The Morgan fingerprint density at radius 1 is 1.15 bits per heavy atom. The molecule has 0 saturated carbocycles. The molecular weight excluding hydrogens is 466 g/mol. The topological polar surface area (TPSA) is 135 Å². The molecule has 2 unspecified atom stereocenters. The number of nitrogens with one attached hydrogen (secondary N) is 1. The lowest BCUT2D eigenvalue weighted by Gasteiger charge is -2.32. The van der Waals surface area contributed by atoms with Crippen molar-refractivity contribution in [3.8, 4) is 0 Å². The number of piperidine rings is 1. The first kappa shape index (κ1) is 22.6. The predicted molar refractivity (Wildman–Crippen MR) is 127 cm³/mol. The van der Waals surface area contributed by atoms with Crippen molar-refractivity contribution in [2.45, 2.75) is 47.5 Å². The van der Waals surface area contributed by atoms with Crippen molar-refractivity contribution in [3.05, 3.63) is 36.7 Å². The third kappa shape index (κ3) is 4.61. The van der Waals surface area contributed by atoms with Crippen LogP contribution in [0.25, 0.3) is 11.2 Å². The summed E-state index contributed by atoms with van der Waals surface area (Å²) in [6.07, 6.45) is -0.256. The Kier molecular flexibility index (Phi) is 6.59. The number of benzene rings is 1. The van der Waals surface area contributed by atoms with Gasteiger partial charge in [-0.05, 0) is 25.0 Å². The number of nitrogen functional groups attached to an aromatic ring is 1. The average molecular weight is 492 g/mol. The van der Waals surface area contributed by atoms with Crippen LogP contribution >= 0.6 is 23.4 Å². The maximum absolute atomic E-state index is 10.4. The molecule has 0 aliphatic carbocycles. The third-order valence-corrected chi connectivity index (χ3v) is 7.61. The van der Waals surface area contributed by atoms with Crippen LogP contribution in [0, 0.1) is 0 Å². The molecule has 33 heavy (non-hydrogen) atoms. The molecule has 2 aromatic heterocycles. The fourth-order valence-corrected chi connectivity index (χ4v) is 5.61. The zero-order chi connectivity index (χ0) is 22.9. The van der Waals surface area contributed by atoms with E-state index in [2.05, 4.69) is 49.7 Å². The number of alkyl halides is 1. The number of rotatable bonds is 6. The number of fused-ring (bicyclic) bond motifs is 1. The average Bonchev–Trinajstić information content (AvgIpc) is 3.36. The fraction of sp³-hybridized carbons (Fsp3) is 0.476. The minimum absolute atomic E-state index is 0.0593. The zero-order valence-electron chi connectivity index (χ0n) is 17.8. The normalized spacial score (nSPS) is 26.8. The quantitative estimate of drug-likeness (QED) is 0.378. The van der Waals surface area contributed by atoms with E-state index in [1.165, 1.54) is 11.2 Å². The van der Waals surface area contributed by atoms with E-state index in [1.54, 1.807) is 4.57 Å². The molecular formula is C21H26ClN7O3S. The molecule has 176 valence electrons. The lowest BCUT2D eigenvalue weighted by atomic mass is 10.1. The number of halogens is 1. The van der Waals surface area contributed by atoms with Gasteiger partial charge in [0.05, 0.1) is 12.2 Å². The molecule has 3 aromatic rings. The highest BCUT2D eigenvalue weighted by atomic mass is 35.5. The molecule has 1 aromatic carbocycles. The van der Waals surface area contributed by atoms with Gasteiger partial charge in [0, 0.05) is 23.2 Å². The van der Waals surface area contributed by atoms with Crippen molar-refractivity contribution in [1.29, 1.82) is 0 Å². The fourth-order valence-electron chi connectivity index (χ4n) is 4.21. The Morgan fingerprint density at radius 3 is 2.61 bits per heavy atom. The molecule has 2 fully saturated rings. The number of aromatic nitrogens is 4. The summed E-state index contributed by atoms with van der Waals surface area (Å²) in [6, 6.07) is 10.4. The van der Waals surface area contributed by atoms with E-state index in [4.69, 9.17) is 22.1 Å². The maximum atomic E-state index is 10.4. The molecule has 0 bridgehead atoms. The minimum Gasteiger partial charge on any atom is -0.387 e. The molecule has 2 saturated heterocycles. The van der Waals surface area contributed by atoms with E-state index < -0.39 is 24.5 Å². The molecule has 0 spiro atoms. The van der Waals surface area contributed by atoms with Gasteiger partial charge in [0.2, 0.25) is 5.95 Å². The summed E-state index contributed by atoms with van der Waals surface area (Å²) in [5, 5.41) is 23.3. The monoisotopic (exact) mass is 491 g/mol. The number of nitrogens with two attached hydrogens (primary N) is 1. The molecule has 10 nitrogen and oxygen atoms in total. The summed E-state index contributed by atoms with van der Waals surface area (Å²) in [7, 11) is 0. The van der Waals surface area contributed by atoms with Crippen LogP contribution in [0.2, 0.25) is 0 Å². The van der Waals surface area contributed by atoms with Crippen LogP contribution in [0.1, 0.15) is 19.1 Å². The number of imidazole rings is 1. The van der Waals surface area contributed by atoms with Crippen molar-refractivity contribution < 1.29 is 14.9 Å². The van der Waals surface area contributed by atoms with Crippen molar-refractivity contribution in [3.63, 3.8) is 0 Å². The first-order valence-corrected chi connectivity index (χ1v) is 12.3. The smallest absolute Gasteiger partial charge is 0.224 e. The first-order chi connectivity index (χ1) is 16.0. The lowest BCUT2D eigenvalue weighted by Crippen LogP contribution is -2.39. The van der Waals surface area contributed by atoms with Crippen molar-refractivity contribution in [2.24, 2.45) is 0 Å². The van der Waals surface area contributed by atoms with Crippen LogP contribution < -0.4 is 11.2 Å². The van der Waals surface area contributed by atoms with Gasteiger partial charge >= 0.3 is 0 Å². The third-order valence-electron chi connectivity index (χ3n) is 5.95. The summed E-state index contributed by atoms with van der Waals surface area (Å²) in [5.41, 5.74) is 10.2. The molecule has 0 radical (unpaired) electrons. The number of anilines is 2. The SMILES string of the molecule is Nc1nc(NN2CCC(Sc3ccccc3)CC2)c2ncn([C@@H]3O[C@H](CCl)C(O)C3O)c2n1. The molecule has 2 aliphatic heterocycles. The van der Waals surface area contributed by atoms with Gasteiger partial charge in [0.25, 0.3) is 0 Å². The Bertz CT molecular complexity index is 1100. The number of aliphatic hydroxyl groups is 2. The molecule has 2 aliphatic rings. The van der Waals surface area contributed by atoms with Crippen LogP contribution in [-0.4, -0.2) is 77.3 Å². The highest BCUT2D eigenvalue weighted by molar-refractivity contribution is 8.00. The number of aliphatic hydroxyl groups excluding tert-OH is 2. The second-order valence-electron chi connectivity index (χ2n) is 8.18.